The lowest BCUT2D eigenvalue weighted by atomic mass is 9.86. The van der Waals surface area contributed by atoms with Gasteiger partial charge in [-0.2, -0.15) is 0 Å². The van der Waals surface area contributed by atoms with E-state index in [2.05, 4.69) is 17.6 Å². The van der Waals surface area contributed by atoms with E-state index in [0.29, 0.717) is 5.41 Å². The van der Waals surface area contributed by atoms with Gasteiger partial charge in [0.05, 0.1) is 0 Å². The third-order valence-corrected chi connectivity index (χ3v) is 2.81. The highest BCUT2D eigenvalue weighted by atomic mass is 15.1. The average molecular weight is 126 g/mol. The first-order chi connectivity index (χ1) is 4.31. The molecule has 2 aliphatic rings. The maximum Gasteiger partial charge on any atom is 0.0258 e. The van der Waals surface area contributed by atoms with Gasteiger partial charge in [0, 0.05) is 19.1 Å². The van der Waals surface area contributed by atoms with Crippen LogP contribution in [0.25, 0.3) is 0 Å². The van der Waals surface area contributed by atoms with Crippen molar-refractivity contribution < 1.29 is 0 Å². The van der Waals surface area contributed by atoms with Gasteiger partial charge in [-0.15, -0.1) is 0 Å². The number of hydrogen-bond donors (Lipinski definition) is 2. The molecule has 2 heteroatoms. The van der Waals surface area contributed by atoms with Gasteiger partial charge >= 0.3 is 0 Å². The smallest absolute Gasteiger partial charge is 0.0258 e. The monoisotopic (exact) mass is 126 g/mol. The van der Waals surface area contributed by atoms with Gasteiger partial charge in [-0.05, 0) is 18.4 Å². The summed E-state index contributed by atoms with van der Waals surface area (Å²) in [6.07, 6.45) is 1.35. The summed E-state index contributed by atoms with van der Waals surface area (Å²) >= 11 is 0. The van der Waals surface area contributed by atoms with Crippen LogP contribution in [0.4, 0.5) is 0 Å². The van der Waals surface area contributed by atoms with E-state index >= 15 is 0 Å². The summed E-state index contributed by atoms with van der Waals surface area (Å²) in [4.78, 5) is 0. The van der Waals surface area contributed by atoms with Gasteiger partial charge in [0.2, 0.25) is 0 Å². The second kappa shape index (κ2) is 1.70. The molecular formula is C7H14N2. The predicted octanol–water partition coefficient (Wildman–Crippen LogP) is -0.0422. The molecule has 0 radical (unpaired) electrons. The molecule has 0 aromatic carbocycles. The molecular weight excluding hydrogens is 112 g/mol. The minimum Gasteiger partial charge on any atom is -0.315 e. The number of nitrogens with one attached hydrogen (secondary N) is 2. The molecule has 2 aliphatic heterocycles. The van der Waals surface area contributed by atoms with E-state index in [4.69, 9.17) is 0 Å². The standard InChI is InChI=1S/C7H14N2/c1-7-2-3-9-6(7)4-8-5-7/h6,8-9H,2-5H2,1H3/t6-,7+/m0/s1. The van der Waals surface area contributed by atoms with E-state index < -0.39 is 0 Å². The second-order valence-electron chi connectivity index (χ2n) is 3.54. The molecule has 2 atom stereocenters. The normalized spacial score (nSPS) is 49.7. The van der Waals surface area contributed by atoms with Crippen LogP contribution in [-0.4, -0.2) is 25.7 Å². The second-order valence-corrected chi connectivity index (χ2v) is 3.54. The van der Waals surface area contributed by atoms with Crippen molar-refractivity contribution in [2.24, 2.45) is 5.41 Å². The van der Waals surface area contributed by atoms with Crippen molar-refractivity contribution in [3.8, 4) is 0 Å². The van der Waals surface area contributed by atoms with Crippen molar-refractivity contribution in [2.45, 2.75) is 19.4 Å². The van der Waals surface area contributed by atoms with Gasteiger partial charge < -0.3 is 10.6 Å². The molecule has 2 fully saturated rings. The first-order valence-electron chi connectivity index (χ1n) is 3.75. The van der Waals surface area contributed by atoms with Crippen LogP contribution < -0.4 is 10.6 Å². The molecule has 2 rings (SSSR count). The zero-order chi connectivity index (χ0) is 6.32. The minimum absolute atomic E-state index is 0.583. The Kier molecular flexibility index (Phi) is 1.08. The highest BCUT2D eigenvalue weighted by Gasteiger charge is 2.41. The largest absolute Gasteiger partial charge is 0.315 e. The molecule has 2 saturated heterocycles. The highest BCUT2D eigenvalue weighted by molar-refractivity contribution is 5.01. The SMILES string of the molecule is C[C@]12CCN[C@H]1CNC2. The molecule has 0 spiro atoms. The fraction of sp³-hybridized carbons (Fsp3) is 1.00. The van der Waals surface area contributed by atoms with Crippen molar-refractivity contribution in [1.29, 1.82) is 0 Å². The lowest BCUT2D eigenvalue weighted by Gasteiger charge is -2.20. The van der Waals surface area contributed by atoms with E-state index in [9.17, 15) is 0 Å². The lowest BCUT2D eigenvalue weighted by Crippen LogP contribution is -2.32. The minimum atomic E-state index is 0.583. The third kappa shape index (κ3) is 0.700. The average Bonchev–Trinajstić information content (AvgIpc) is 2.22. The van der Waals surface area contributed by atoms with Crippen molar-refractivity contribution in [3.63, 3.8) is 0 Å². The first-order valence-corrected chi connectivity index (χ1v) is 3.75. The van der Waals surface area contributed by atoms with Crippen LogP contribution in [0, 0.1) is 5.41 Å². The van der Waals surface area contributed by atoms with Gasteiger partial charge in [0.15, 0.2) is 0 Å². The summed E-state index contributed by atoms with van der Waals surface area (Å²) in [5.41, 5.74) is 0.583. The highest BCUT2D eigenvalue weighted by Crippen LogP contribution is 2.32. The summed E-state index contributed by atoms with van der Waals surface area (Å²) < 4.78 is 0. The zero-order valence-corrected chi connectivity index (χ0v) is 5.91. The summed E-state index contributed by atoms with van der Waals surface area (Å²) in [5.74, 6) is 0. The maximum atomic E-state index is 3.50. The molecule has 0 bridgehead atoms. The van der Waals surface area contributed by atoms with Gasteiger partial charge in [0.1, 0.15) is 0 Å². The molecule has 52 valence electrons. The Morgan fingerprint density at radius 1 is 1.56 bits per heavy atom. The van der Waals surface area contributed by atoms with Crippen molar-refractivity contribution >= 4 is 0 Å². The van der Waals surface area contributed by atoms with E-state index in [1.807, 2.05) is 0 Å². The topological polar surface area (TPSA) is 24.1 Å². The van der Waals surface area contributed by atoms with Gasteiger partial charge in [0.25, 0.3) is 0 Å². The van der Waals surface area contributed by atoms with Crippen LogP contribution in [0.3, 0.4) is 0 Å². The van der Waals surface area contributed by atoms with Gasteiger partial charge in [-0.25, -0.2) is 0 Å². The molecule has 2 heterocycles. The summed E-state index contributed by atoms with van der Waals surface area (Å²) in [5, 5.41) is 6.90. The Morgan fingerprint density at radius 3 is 3.22 bits per heavy atom. The van der Waals surface area contributed by atoms with Crippen LogP contribution in [0.5, 0.6) is 0 Å². The molecule has 0 amide bonds. The summed E-state index contributed by atoms with van der Waals surface area (Å²) in [6.45, 7) is 5.99. The number of hydrogen-bond acceptors (Lipinski definition) is 2. The molecule has 0 aromatic rings. The fourth-order valence-electron chi connectivity index (χ4n) is 1.98. The zero-order valence-electron chi connectivity index (χ0n) is 5.91. The van der Waals surface area contributed by atoms with E-state index in [1.165, 1.54) is 26.1 Å². The Hall–Kier alpha value is -0.0800. The Morgan fingerprint density at radius 2 is 2.44 bits per heavy atom. The molecule has 0 saturated carbocycles. The van der Waals surface area contributed by atoms with Crippen LogP contribution in [0.15, 0.2) is 0 Å². The Balaban J connectivity index is 2.17. The van der Waals surface area contributed by atoms with Crippen LogP contribution in [0.2, 0.25) is 0 Å². The first kappa shape index (κ1) is 5.69. The van der Waals surface area contributed by atoms with Crippen molar-refractivity contribution in [3.05, 3.63) is 0 Å². The van der Waals surface area contributed by atoms with Crippen LogP contribution in [-0.2, 0) is 0 Å². The molecule has 2 N–H and O–H groups in total. The van der Waals surface area contributed by atoms with E-state index in [1.54, 1.807) is 0 Å². The number of fused-ring (bicyclic) bond motifs is 1. The van der Waals surface area contributed by atoms with Crippen molar-refractivity contribution in [1.82, 2.24) is 10.6 Å². The van der Waals surface area contributed by atoms with E-state index in [-0.39, 0.29) is 0 Å². The van der Waals surface area contributed by atoms with Gasteiger partial charge in [-0.3, -0.25) is 0 Å². The van der Waals surface area contributed by atoms with E-state index in [0.717, 1.165) is 6.04 Å². The summed E-state index contributed by atoms with van der Waals surface area (Å²) in [6, 6.07) is 0.762. The maximum absolute atomic E-state index is 3.50. The third-order valence-electron chi connectivity index (χ3n) is 2.81. The predicted molar refractivity (Wildman–Crippen MR) is 37.4 cm³/mol. The fourth-order valence-corrected chi connectivity index (χ4v) is 1.98. The van der Waals surface area contributed by atoms with Gasteiger partial charge in [-0.1, -0.05) is 6.92 Å². The Bertz CT molecular complexity index is 112. The molecule has 9 heavy (non-hydrogen) atoms. The molecule has 0 aromatic heterocycles. The lowest BCUT2D eigenvalue weighted by molar-refractivity contribution is 0.354. The molecule has 0 unspecified atom stereocenters. The van der Waals surface area contributed by atoms with Crippen LogP contribution >= 0.6 is 0 Å². The van der Waals surface area contributed by atoms with Crippen molar-refractivity contribution in [2.75, 3.05) is 19.6 Å². The Labute approximate surface area is 56.0 Å². The quantitative estimate of drug-likeness (QED) is 0.476. The molecule has 2 nitrogen and oxygen atoms in total. The summed E-state index contributed by atoms with van der Waals surface area (Å²) in [7, 11) is 0. The van der Waals surface area contributed by atoms with Crippen LogP contribution in [0.1, 0.15) is 13.3 Å². The number of rotatable bonds is 0. The molecule has 0 aliphatic carbocycles.